The highest BCUT2D eigenvalue weighted by molar-refractivity contribution is 5.95. The number of anilines is 6. The molecule has 0 N–H and O–H groups in total. The first-order valence-electron chi connectivity index (χ1n) is 26.9. The average Bonchev–Trinajstić information content (AvgIpc) is 3.67. The summed E-state index contributed by atoms with van der Waals surface area (Å²) in [6.07, 6.45) is 12.6. The molecule has 2 aliphatic carbocycles. The van der Waals surface area contributed by atoms with Crippen molar-refractivity contribution in [2.24, 2.45) is 0 Å². The molecular formula is C75H52N4. The smallest absolute Gasteiger partial charge is 0.0937 e. The molecule has 0 bridgehead atoms. The molecule has 4 heteroatoms. The van der Waals surface area contributed by atoms with Gasteiger partial charge in [-0.3, -0.25) is 9.97 Å². The van der Waals surface area contributed by atoms with Gasteiger partial charge in [0.2, 0.25) is 0 Å². The van der Waals surface area contributed by atoms with Gasteiger partial charge in [0.1, 0.15) is 0 Å². The third-order valence-electron chi connectivity index (χ3n) is 15.6. The van der Waals surface area contributed by atoms with Crippen molar-refractivity contribution in [1.29, 1.82) is 0 Å². The molecule has 0 saturated carbocycles. The molecule has 79 heavy (non-hydrogen) atoms. The summed E-state index contributed by atoms with van der Waals surface area (Å²) < 4.78 is 0. The highest BCUT2D eigenvalue weighted by atomic mass is 15.1. The van der Waals surface area contributed by atoms with E-state index in [1.165, 1.54) is 44.5 Å². The zero-order chi connectivity index (χ0) is 52.5. The van der Waals surface area contributed by atoms with Crippen LogP contribution in [0, 0.1) is 0 Å². The van der Waals surface area contributed by atoms with Crippen molar-refractivity contribution >= 4 is 58.4 Å². The fourth-order valence-electron chi connectivity index (χ4n) is 11.8. The van der Waals surface area contributed by atoms with Crippen molar-refractivity contribution in [3.8, 4) is 44.8 Å². The van der Waals surface area contributed by atoms with E-state index >= 15 is 0 Å². The molecule has 0 amide bonds. The summed E-state index contributed by atoms with van der Waals surface area (Å²) in [6.45, 7) is 0. The summed E-state index contributed by atoms with van der Waals surface area (Å²) in [7, 11) is 0. The van der Waals surface area contributed by atoms with Crippen molar-refractivity contribution in [2.75, 3.05) is 9.80 Å². The molecule has 0 aliphatic heterocycles. The minimum absolute atomic E-state index is 0.598. The molecule has 0 atom stereocenters. The first-order chi connectivity index (χ1) is 39.2. The van der Waals surface area contributed by atoms with E-state index in [1.807, 2.05) is 12.4 Å². The predicted octanol–water partition coefficient (Wildman–Crippen LogP) is 19.4. The normalized spacial score (nSPS) is 12.6. The maximum Gasteiger partial charge on any atom is 0.0937 e. The average molecular weight is 1010 g/mol. The Hall–Kier alpha value is -10.4. The van der Waals surface area contributed by atoms with E-state index in [2.05, 4.69) is 313 Å². The fourth-order valence-corrected chi connectivity index (χ4v) is 11.8. The molecule has 0 fully saturated rings. The lowest BCUT2D eigenvalue weighted by molar-refractivity contribution is 0.790. The van der Waals surface area contributed by atoms with E-state index in [0.717, 1.165) is 78.9 Å². The Morgan fingerprint density at radius 1 is 0.253 bits per heavy atom. The maximum atomic E-state index is 5.02. The second-order valence-corrected chi connectivity index (χ2v) is 20.2. The maximum absolute atomic E-state index is 5.02. The number of rotatable bonds is 12. The standard InChI is InChI=1S/C75H52N4/c1-5-15-61(16-6-1)78(62-17-7-2-8-18-62)65-43-33-55(34-44-65)27-25-53-29-37-57(38-30-53)59-41-47-67-68-48-42-60(52-72(68)75(71(67)51-59)69-23-13-49-76-73(69)74-70(75)24-14-50-77-74)58-39-31-54(32-40-58)26-28-56-35-45-66(46-36-56)79(63-19-9-3-10-20-63)64-21-11-4-12-22-64/h1-52H/b27-25+,28-26+. The van der Waals surface area contributed by atoms with Gasteiger partial charge in [0.05, 0.1) is 16.8 Å². The SMILES string of the molecule is C(=C\c1ccc(N(c2ccccc2)c2ccccc2)cc1)/c1ccc(-c2ccc3c(c2)C2(c4cc(-c5ccc(/C=C/c6ccc(N(c7ccccc7)c7ccccc7)cc6)cc5)ccc4-3)c3cccnc3-c3ncccc32)cc1. The van der Waals surface area contributed by atoms with Gasteiger partial charge in [-0.15, -0.1) is 0 Å². The van der Waals surface area contributed by atoms with Crippen molar-refractivity contribution in [1.82, 2.24) is 9.97 Å². The number of fused-ring (bicyclic) bond motifs is 10. The summed E-state index contributed by atoms with van der Waals surface area (Å²) in [5, 5.41) is 0. The second kappa shape index (κ2) is 20.3. The fraction of sp³-hybridized carbons (Fsp3) is 0.0133. The molecule has 1 spiro atoms. The lowest BCUT2D eigenvalue weighted by atomic mass is 9.70. The lowest BCUT2D eigenvalue weighted by Crippen LogP contribution is -2.26. The molecule has 0 saturated heterocycles. The summed E-state index contributed by atoms with van der Waals surface area (Å²) in [5.74, 6) is 0. The van der Waals surface area contributed by atoms with Crippen molar-refractivity contribution in [2.45, 2.75) is 5.41 Å². The Bertz CT molecular complexity index is 3840. The van der Waals surface area contributed by atoms with Gasteiger partial charge in [-0.05, 0) is 175 Å². The largest absolute Gasteiger partial charge is 0.311 e. The first kappa shape index (κ1) is 47.1. The van der Waals surface area contributed by atoms with Gasteiger partial charge < -0.3 is 9.80 Å². The Balaban J connectivity index is 0.742. The summed E-state index contributed by atoms with van der Waals surface area (Å²) >= 11 is 0. The van der Waals surface area contributed by atoms with E-state index in [9.17, 15) is 0 Å². The minimum Gasteiger partial charge on any atom is -0.311 e. The van der Waals surface area contributed by atoms with Gasteiger partial charge >= 0.3 is 0 Å². The van der Waals surface area contributed by atoms with Crippen LogP contribution in [0.2, 0.25) is 0 Å². The van der Waals surface area contributed by atoms with Crippen LogP contribution in [-0.2, 0) is 5.41 Å². The number of hydrogen-bond acceptors (Lipinski definition) is 4. The van der Waals surface area contributed by atoms with Crippen LogP contribution in [0.3, 0.4) is 0 Å². The third kappa shape index (κ3) is 8.62. The van der Waals surface area contributed by atoms with Gasteiger partial charge in [-0.1, -0.05) is 206 Å². The molecule has 4 nitrogen and oxygen atoms in total. The summed E-state index contributed by atoms with van der Waals surface area (Å²) in [6, 6.07) is 100. The van der Waals surface area contributed by atoms with E-state index in [-0.39, 0.29) is 0 Å². The van der Waals surface area contributed by atoms with Crippen LogP contribution in [0.1, 0.15) is 44.5 Å². The Morgan fingerprint density at radius 3 is 0.873 bits per heavy atom. The molecule has 0 radical (unpaired) electrons. The van der Waals surface area contributed by atoms with Crippen LogP contribution in [-0.4, -0.2) is 9.97 Å². The molecule has 10 aromatic carbocycles. The molecular weight excluding hydrogens is 957 g/mol. The van der Waals surface area contributed by atoms with Crippen LogP contribution in [0.4, 0.5) is 34.1 Å². The van der Waals surface area contributed by atoms with Gasteiger partial charge in [0, 0.05) is 46.5 Å². The number of aromatic nitrogens is 2. The molecule has 372 valence electrons. The van der Waals surface area contributed by atoms with E-state index in [0.29, 0.717) is 0 Å². The van der Waals surface area contributed by atoms with E-state index in [4.69, 9.17) is 9.97 Å². The Morgan fingerprint density at radius 2 is 0.544 bits per heavy atom. The molecule has 2 aliphatic rings. The van der Waals surface area contributed by atoms with Crippen molar-refractivity contribution in [3.63, 3.8) is 0 Å². The van der Waals surface area contributed by atoms with E-state index < -0.39 is 5.41 Å². The van der Waals surface area contributed by atoms with Crippen LogP contribution >= 0.6 is 0 Å². The highest BCUT2D eigenvalue weighted by Crippen LogP contribution is 2.62. The highest BCUT2D eigenvalue weighted by Gasteiger charge is 2.53. The molecule has 2 heterocycles. The lowest BCUT2D eigenvalue weighted by Gasteiger charge is -2.30. The number of hydrogen-bond donors (Lipinski definition) is 0. The zero-order valence-electron chi connectivity index (χ0n) is 43.3. The van der Waals surface area contributed by atoms with Crippen LogP contribution < -0.4 is 9.80 Å². The summed E-state index contributed by atoms with van der Waals surface area (Å²) in [5.41, 5.74) is 24.5. The number of para-hydroxylation sites is 4. The topological polar surface area (TPSA) is 32.3 Å². The van der Waals surface area contributed by atoms with Gasteiger partial charge in [0.15, 0.2) is 0 Å². The minimum atomic E-state index is -0.598. The van der Waals surface area contributed by atoms with E-state index in [1.54, 1.807) is 0 Å². The Labute approximate surface area is 461 Å². The Kier molecular flexibility index (Phi) is 12.1. The second-order valence-electron chi connectivity index (χ2n) is 20.2. The third-order valence-corrected chi connectivity index (χ3v) is 15.6. The molecule has 12 aromatic rings. The van der Waals surface area contributed by atoms with Crippen molar-refractivity contribution in [3.05, 3.63) is 336 Å². The zero-order valence-corrected chi connectivity index (χ0v) is 43.3. The van der Waals surface area contributed by atoms with Crippen molar-refractivity contribution < 1.29 is 0 Å². The number of benzene rings is 10. The monoisotopic (exact) mass is 1010 g/mol. The van der Waals surface area contributed by atoms with Crippen LogP contribution in [0.25, 0.3) is 69.1 Å². The predicted molar refractivity (Wildman–Crippen MR) is 329 cm³/mol. The molecule has 2 aromatic heterocycles. The summed E-state index contributed by atoms with van der Waals surface area (Å²) in [4.78, 5) is 14.6. The van der Waals surface area contributed by atoms with Crippen LogP contribution in [0.5, 0.6) is 0 Å². The van der Waals surface area contributed by atoms with Gasteiger partial charge in [-0.25, -0.2) is 0 Å². The quantitative estimate of drug-likeness (QED) is 0.114. The van der Waals surface area contributed by atoms with Gasteiger partial charge in [0.25, 0.3) is 0 Å². The number of nitrogens with zero attached hydrogens (tertiary/aromatic N) is 4. The van der Waals surface area contributed by atoms with Crippen LogP contribution in [0.15, 0.2) is 291 Å². The molecule has 0 unspecified atom stereocenters. The van der Waals surface area contributed by atoms with Gasteiger partial charge in [-0.2, -0.15) is 0 Å². The number of pyridine rings is 2. The molecule has 14 rings (SSSR count). The first-order valence-corrected chi connectivity index (χ1v) is 26.9.